The highest BCUT2D eigenvalue weighted by molar-refractivity contribution is 7.14. The maximum Gasteiger partial charge on any atom is 0.336 e. The maximum atomic E-state index is 13.6. The van der Waals surface area contributed by atoms with E-state index in [9.17, 15) is 9.59 Å². The van der Waals surface area contributed by atoms with Crippen LogP contribution in [0.5, 0.6) is 0 Å². The molecule has 1 aromatic heterocycles. The third-order valence-electron chi connectivity index (χ3n) is 6.46. The summed E-state index contributed by atoms with van der Waals surface area (Å²) in [5, 5.41) is 9.21. The minimum absolute atomic E-state index is 0.366. The van der Waals surface area contributed by atoms with Gasteiger partial charge < -0.3 is 20.1 Å². The molecule has 0 radical (unpaired) electrons. The van der Waals surface area contributed by atoms with E-state index in [1.54, 1.807) is 0 Å². The molecule has 0 saturated heterocycles. The molecule has 0 aliphatic carbocycles. The van der Waals surface area contributed by atoms with Crippen LogP contribution in [0.4, 0.5) is 5.13 Å². The zero-order chi connectivity index (χ0) is 25.2. The van der Waals surface area contributed by atoms with Gasteiger partial charge in [-0.1, -0.05) is 54.1 Å². The number of thiazole rings is 1. The summed E-state index contributed by atoms with van der Waals surface area (Å²) in [6, 6.07) is 17.1. The average Bonchev–Trinajstić information content (AvgIpc) is 3.33. The van der Waals surface area contributed by atoms with Crippen molar-refractivity contribution >= 4 is 28.4 Å². The minimum Gasteiger partial charge on any atom is -0.467 e. The zero-order valence-electron chi connectivity index (χ0n) is 20.4. The van der Waals surface area contributed by atoms with Crippen LogP contribution in [0.2, 0.25) is 0 Å². The third kappa shape index (κ3) is 4.41. The van der Waals surface area contributed by atoms with Crippen LogP contribution >= 0.6 is 11.3 Å². The van der Waals surface area contributed by atoms with Gasteiger partial charge in [0.05, 0.1) is 37.4 Å². The van der Waals surface area contributed by atoms with Crippen molar-refractivity contribution < 1.29 is 19.1 Å². The molecule has 0 saturated carbocycles. The molecule has 3 unspecified atom stereocenters. The van der Waals surface area contributed by atoms with E-state index < -0.39 is 29.4 Å². The average molecular weight is 492 g/mol. The monoisotopic (exact) mass is 491 g/mol. The molecule has 8 heteroatoms. The molecule has 3 aromatic rings. The van der Waals surface area contributed by atoms with Crippen LogP contribution < -0.4 is 10.6 Å². The van der Waals surface area contributed by atoms with Crippen LogP contribution in [-0.2, 0) is 19.1 Å². The van der Waals surface area contributed by atoms with Gasteiger partial charge in [0, 0.05) is 16.6 Å². The molecule has 0 spiro atoms. The lowest BCUT2D eigenvalue weighted by molar-refractivity contribution is -0.148. The summed E-state index contributed by atoms with van der Waals surface area (Å²) in [7, 11) is 2.69. The first-order valence-electron chi connectivity index (χ1n) is 11.3. The fourth-order valence-corrected chi connectivity index (χ4v) is 5.60. The summed E-state index contributed by atoms with van der Waals surface area (Å²) in [4.78, 5) is 31.5. The fraction of sp³-hybridized carbons (Fsp3) is 0.296. The Kier molecular flexibility index (Phi) is 6.93. The van der Waals surface area contributed by atoms with Crippen LogP contribution in [0.25, 0.3) is 11.3 Å². The SMILES string of the molecule is COC(=O)C1=C(C)NC(C)C(Nc2nc(-c3cccc(C)c3)cs2)(C(=O)OC)C1c1ccccc1. The van der Waals surface area contributed by atoms with E-state index >= 15 is 0 Å². The topological polar surface area (TPSA) is 89.5 Å². The summed E-state index contributed by atoms with van der Waals surface area (Å²) < 4.78 is 10.5. The highest BCUT2D eigenvalue weighted by Gasteiger charge is 2.58. The van der Waals surface area contributed by atoms with Gasteiger partial charge in [-0.2, -0.15) is 0 Å². The fourth-order valence-electron chi connectivity index (χ4n) is 4.81. The van der Waals surface area contributed by atoms with Crippen molar-refractivity contribution in [3.63, 3.8) is 0 Å². The number of nitrogens with zero attached hydrogens (tertiary/aromatic N) is 1. The first kappa shape index (κ1) is 24.5. The second kappa shape index (κ2) is 9.92. The number of carbonyl (C=O) groups is 2. The smallest absolute Gasteiger partial charge is 0.336 e. The molecule has 182 valence electrons. The largest absolute Gasteiger partial charge is 0.467 e. The molecule has 4 rings (SSSR count). The molecule has 0 fully saturated rings. The van der Waals surface area contributed by atoms with Gasteiger partial charge in [-0.15, -0.1) is 11.3 Å². The Morgan fingerprint density at radius 1 is 1.06 bits per heavy atom. The highest BCUT2D eigenvalue weighted by atomic mass is 32.1. The van der Waals surface area contributed by atoms with E-state index in [2.05, 4.69) is 16.7 Å². The lowest BCUT2D eigenvalue weighted by Crippen LogP contribution is -2.66. The first-order chi connectivity index (χ1) is 16.8. The van der Waals surface area contributed by atoms with E-state index in [1.807, 2.05) is 74.7 Å². The molecule has 2 heterocycles. The summed E-state index contributed by atoms with van der Waals surface area (Å²) in [6.07, 6.45) is 0. The third-order valence-corrected chi connectivity index (χ3v) is 7.21. The standard InChI is InChI=1S/C27H29N3O4S/c1-16-10-9-13-20(14-16)21-15-35-26(29-21)30-27(25(32)34-5)18(3)28-17(2)22(24(31)33-4)23(27)19-11-7-6-8-12-19/h6-15,18,23,28H,1-5H3,(H,29,30). The molecule has 35 heavy (non-hydrogen) atoms. The van der Waals surface area contributed by atoms with Gasteiger partial charge in [-0.05, 0) is 32.4 Å². The van der Waals surface area contributed by atoms with Gasteiger partial charge in [-0.25, -0.2) is 14.6 Å². The van der Waals surface area contributed by atoms with Crippen molar-refractivity contribution in [2.45, 2.75) is 38.3 Å². The van der Waals surface area contributed by atoms with Crippen LogP contribution in [0.15, 0.2) is 71.2 Å². The van der Waals surface area contributed by atoms with Crippen molar-refractivity contribution in [1.29, 1.82) is 0 Å². The number of nitrogens with one attached hydrogen (secondary N) is 2. The second-order valence-electron chi connectivity index (χ2n) is 8.63. The number of aromatic nitrogens is 1. The number of hydrogen-bond donors (Lipinski definition) is 2. The molecule has 0 amide bonds. The predicted octanol–water partition coefficient (Wildman–Crippen LogP) is 4.66. The van der Waals surface area contributed by atoms with Gasteiger partial charge in [0.1, 0.15) is 0 Å². The summed E-state index contributed by atoms with van der Waals surface area (Å²) in [5.41, 5.74) is 3.35. The Bertz CT molecular complexity index is 1270. The normalized spacial score (nSPS) is 21.7. The molecule has 2 aromatic carbocycles. The van der Waals surface area contributed by atoms with E-state index in [0.29, 0.717) is 16.4 Å². The van der Waals surface area contributed by atoms with Gasteiger partial charge in [0.25, 0.3) is 0 Å². The molecule has 0 bridgehead atoms. The van der Waals surface area contributed by atoms with E-state index in [-0.39, 0.29) is 0 Å². The Hall–Kier alpha value is -3.65. The Labute approximate surface area is 209 Å². The van der Waals surface area contributed by atoms with Crippen LogP contribution in [0.3, 0.4) is 0 Å². The first-order valence-corrected chi connectivity index (χ1v) is 12.2. The quantitative estimate of drug-likeness (QED) is 0.485. The van der Waals surface area contributed by atoms with Gasteiger partial charge >= 0.3 is 11.9 Å². The summed E-state index contributed by atoms with van der Waals surface area (Å²) >= 11 is 1.40. The number of benzene rings is 2. The maximum absolute atomic E-state index is 13.6. The lowest BCUT2D eigenvalue weighted by Gasteiger charge is -2.47. The van der Waals surface area contributed by atoms with Gasteiger partial charge in [-0.3, -0.25) is 0 Å². The Balaban J connectivity index is 1.88. The van der Waals surface area contributed by atoms with Crippen LogP contribution in [0.1, 0.15) is 30.9 Å². The Morgan fingerprint density at radius 2 is 1.80 bits per heavy atom. The lowest BCUT2D eigenvalue weighted by atomic mass is 9.68. The van der Waals surface area contributed by atoms with Crippen LogP contribution in [-0.4, -0.2) is 42.7 Å². The summed E-state index contributed by atoms with van der Waals surface area (Å²) in [6.45, 7) is 5.75. The number of methoxy groups -OCH3 is 2. The number of anilines is 1. The number of hydrogen-bond acceptors (Lipinski definition) is 8. The second-order valence-corrected chi connectivity index (χ2v) is 9.49. The van der Waals surface area contributed by atoms with E-state index in [1.165, 1.54) is 25.6 Å². The highest BCUT2D eigenvalue weighted by Crippen LogP contribution is 2.45. The Morgan fingerprint density at radius 3 is 2.46 bits per heavy atom. The van der Waals surface area contributed by atoms with Crippen molar-refractivity contribution in [2.75, 3.05) is 19.5 Å². The van der Waals surface area contributed by atoms with E-state index in [4.69, 9.17) is 14.5 Å². The molecular formula is C27H29N3O4S. The zero-order valence-corrected chi connectivity index (χ0v) is 21.2. The van der Waals surface area contributed by atoms with Gasteiger partial charge in [0.15, 0.2) is 10.7 Å². The molecule has 2 N–H and O–H groups in total. The molecular weight excluding hydrogens is 462 g/mol. The van der Waals surface area contributed by atoms with Crippen molar-refractivity contribution in [3.05, 3.63) is 82.4 Å². The molecule has 7 nitrogen and oxygen atoms in total. The number of esters is 2. The molecule has 1 aliphatic rings. The van der Waals surface area contributed by atoms with Crippen molar-refractivity contribution in [2.24, 2.45) is 0 Å². The number of allylic oxidation sites excluding steroid dienone is 1. The number of ether oxygens (including phenoxy) is 2. The predicted molar refractivity (Wildman–Crippen MR) is 137 cm³/mol. The number of rotatable bonds is 6. The number of aryl methyl sites for hydroxylation is 1. The molecule has 1 aliphatic heterocycles. The molecule has 3 atom stereocenters. The van der Waals surface area contributed by atoms with E-state index in [0.717, 1.165) is 22.4 Å². The van der Waals surface area contributed by atoms with Crippen molar-refractivity contribution in [1.82, 2.24) is 10.3 Å². The minimum atomic E-state index is -1.37. The van der Waals surface area contributed by atoms with Crippen LogP contribution in [0, 0.1) is 6.92 Å². The van der Waals surface area contributed by atoms with Gasteiger partial charge in [0.2, 0.25) is 0 Å². The number of carbonyl (C=O) groups excluding carboxylic acids is 2. The summed E-state index contributed by atoms with van der Waals surface area (Å²) in [5.74, 6) is -1.70. The van der Waals surface area contributed by atoms with Crippen molar-refractivity contribution in [3.8, 4) is 11.3 Å².